The zero-order valence-corrected chi connectivity index (χ0v) is 9.38. The molecule has 1 aromatic heterocycles. The van der Waals surface area contributed by atoms with E-state index in [2.05, 4.69) is 4.98 Å². The molecule has 3 rings (SSSR count). The van der Waals surface area contributed by atoms with Gasteiger partial charge in [0.05, 0.1) is 16.3 Å². The van der Waals surface area contributed by atoms with Crippen molar-refractivity contribution in [3.8, 4) is 11.3 Å². The standard InChI is InChI=1S/C13H8ClNO/c1-7-10(14)6-15-12-8-4-2-3-5-9(8)13(16)11(7)12/h2-6H,1H3. The monoisotopic (exact) mass is 229 g/mol. The summed E-state index contributed by atoms with van der Waals surface area (Å²) >= 11 is 5.99. The van der Waals surface area contributed by atoms with Gasteiger partial charge in [-0.25, -0.2) is 0 Å². The summed E-state index contributed by atoms with van der Waals surface area (Å²) in [4.78, 5) is 16.4. The minimum atomic E-state index is 0.0260. The summed E-state index contributed by atoms with van der Waals surface area (Å²) in [5.41, 5.74) is 3.83. The van der Waals surface area contributed by atoms with E-state index in [0.29, 0.717) is 10.6 Å². The maximum Gasteiger partial charge on any atom is 0.196 e. The highest BCUT2D eigenvalue weighted by Gasteiger charge is 2.29. The van der Waals surface area contributed by atoms with Gasteiger partial charge < -0.3 is 0 Å². The second-order valence-corrected chi connectivity index (χ2v) is 4.24. The topological polar surface area (TPSA) is 30.0 Å². The molecule has 0 N–H and O–H groups in total. The first-order valence-corrected chi connectivity index (χ1v) is 5.37. The van der Waals surface area contributed by atoms with Crippen molar-refractivity contribution >= 4 is 17.4 Å². The highest BCUT2D eigenvalue weighted by Crippen LogP contribution is 2.38. The maximum atomic E-state index is 12.2. The lowest BCUT2D eigenvalue weighted by molar-refractivity contribution is 0.104. The largest absolute Gasteiger partial charge is 0.288 e. The number of hydrogen-bond donors (Lipinski definition) is 0. The van der Waals surface area contributed by atoms with E-state index in [-0.39, 0.29) is 5.78 Å². The van der Waals surface area contributed by atoms with Gasteiger partial charge in [-0.05, 0) is 12.5 Å². The first-order valence-electron chi connectivity index (χ1n) is 4.99. The summed E-state index contributed by atoms with van der Waals surface area (Å²) < 4.78 is 0. The van der Waals surface area contributed by atoms with Gasteiger partial charge in [-0.3, -0.25) is 9.78 Å². The van der Waals surface area contributed by atoms with Crippen LogP contribution < -0.4 is 0 Å². The number of nitrogens with zero attached hydrogens (tertiary/aromatic N) is 1. The predicted octanol–water partition coefficient (Wildman–Crippen LogP) is 3.25. The number of halogens is 1. The van der Waals surface area contributed by atoms with Crippen LogP contribution in [0, 0.1) is 6.92 Å². The smallest absolute Gasteiger partial charge is 0.196 e. The molecule has 0 atom stereocenters. The van der Waals surface area contributed by atoms with E-state index in [9.17, 15) is 4.79 Å². The fraction of sp³-hybridized carbons (Fsp3) is 0.0769. The van der Waals surface area contributed by atoms with E-state index in [0.717, 1.165) is 22.4 Å². The van der Waals surface area contributed by atoms with Crippen molar-refractivity contribution in [2.24, 2.45) is 0 Å². The molecule has 0 fully saturated rings. The molecule has 0 aliphatic heterocycles. The molecule has 0 spiro atoms. The number of fused-ring (bicyclic) bond motifs is 3. The number of aromatic nitrogens is 1. The van der Waals surface area contributed by atoms with Crippen LogP contribution in [0.2, 0.25) is 5.02 Å². The van der Waals surface area contributed by atoms with Crippen LogP contribution in [0.3, 0.4) is 0 Å². The van der Waals surface area contributed by atoms with Crippen molar-refractivity contribution in [1.82, 2.24) is 4.98 Å². The van der Waals surface area contributed by atoms with Crippen molar-refractivity contribution in [2.45, 2.75) is 6.92 Å². The Morgan fingerprint density at radius 3 is 2.62 bits per heavy atom. The first-order chi connectivity index (χ1) is 7.70. The van der Waals surface area contributed by atoms with Gasteiger partial charge in [0, 0.05) is 17.3 Å². The number of benzene rings is 1. The molecule has 1 aliphatic rings. The van der Waals surface area contributed by atoms with Gasteiger partial charge in [0.2, 0.25) is 0 Å². The minimum absolute atomic E-state index is 0.0260. The number of pyridine rings is 1. The quantitative estimate of drug-likeness (QED) is 0.592. The van der Waals surface area contributed by atoms with Crippen molar-refractivity contribution in [1.29, 1.82) is 0 Å². The molecule has 78 valence electrons. The molecular weight excluding hydrogens is 222 g/mol. The summed E-state index contributed by atoms with van der Waals surface area (Å²) in [6, 6.07) is 7.51. The Morgan fingerprint density at radius 1 is 1.19 bits per heavy atom. The van der Waals surface area contributed by atoms with Crippen LogP contribution in [-0.2, 0) is 0 Å². The van der Waals surface area contributed by atoms with E-state index in [1.54, 1.807) is 6.20 Å². The Morgan fingerprint density at radius 2 is 1.88 bits per heavy atom. The SMILES string of the molecule is Cc1c(Cl)cnc2c1C(=O)c1ccccc1-2. The molecule has 0 amide bonds. The number of ketones is 1. The summed E-state index contributed by atoms with van der Waals surface area (Å²) in [6.07, 6.45) is 1.60. The van der Waals surface area contributed by atoms with Crippen molar-refractivity contribution in [2.75, 3.05) is 0 Å². The van der Waals surface area contributed by atoms with Crippen LogP contribution >= 0.6 is 11.6 Å². The second kappa shape index (κ2) is 3.16. The summed E-state index contributed by atoms with van der Waals surface area (Å²) in [5, 5.41) is 0.542. The van der Waals surface area contributed by atoms with E-state index in [1.165, 1.54) is 0 Å². The van der Waals surface area contributed by atoms with Gasteiger partial charge in [-0.1, -0.05) is 35.9 Å². The van der Waals surface area contributed by atoms with Crippen LogP contribution in [0.15, 0.2) is 30.5 Å². The molecular formula is C13H8ClNO. The average molecular weight is 230 g/mol. The van der Waals surface area contributed by atoms with Gasteiger partial charge in [-0.2, -0.15) is 0 Å². The van der Waals surface area contributed by atoms with Crippen LogP contribution in [0.25, 0.3) is 11.3 Å². The lowest BCUT2D eigenvalue weighted by Crippen LogP contribution is -1.99. The third-order valence-corrected chi connectivity index (χ3v) is 3.31. The van der Waals surface area contributed by atoms with Crippen LogP contribution in [0.1, 0.15) is 21.5 Å². The fourth-order valence-electron chi connectivity index (χ4n) is 2.08. The molecule has 0 bridgehead atoms. The van der Waals surface area contributed by atoms with E-state index in [1.807, 2.05) is 31.2 Å². The normalized spacial score (nSPS) is 12.5. The van der Waals surface area contributed by atoms with Gasteiger partial charge in [0.1, 0.15) is 0 Å². The van der Waals surface area contributed by atoms with Gasteiger partial charge in [0.15, 0.2) is 5.78 Å². The van der Waals surface area contributed by atoms with Crippen LogP contribution in [0.4, 0.5) is 0 Å². The van der Waals surface area contributed by atoms with Crippen LogP contribution in [-0.4, -0.2) is 10.8 Å². The third kappa shape index (κ3) is 1.08. The molecule has 0 unspecified atom stereocenters. The highest BCUT2D eigenvalue weighted by atomic mass is 35.5. The lowest BCUT2D eigenvalue weighted by atomic mass is 10.1. The van der Waals surface area contributed by atoms with E-state index in [4.69, 9.17) is 11.6 Å². The van der Waals surface area contributed by atoms with Crippen molar-refractivity contribution in [3.63, 3.8) is 0 Å². The molecule has 1 heterocycles. The summed E-state index contributed by atoms with van der Waals surface area (Å²) in [7, 11) is 0. The summed E-state index contributed by atoms with van der Waals surface area (Å²) in [5.74, 6) is 0.0260. The number of carbonyl (C=O) groups is 1. The fourth-order valence-corrected chi connectivity index (χ4v) is 2.23. The third-order valence-electron chi connectivity index (χ3n) is 2.93. The summed E-state index contributed by atoms with van der Waals surface area (Å²) in [6.45, 7) is 1.85. The molecule has 0 saturated carbocycles. The molecule has 3 heteroatoms. The Hall–Kier alpha value is -1.67. The molecule has 1 aromatic carbocycles. The second-order valence-electron chi connectivity index (χ2n) is 3.83. The Balaban J connectivity index is 2.42. The molecule has 1 aliphatic carbocycles. The lowest BCUT2D eigenvalue weighted by Gasteiger charge is -2.03. The Kier molecular flexibility index (Phi) is 1.88. The molecule has 16 heavy (non-hydrogen) atoms. The number of carbonyl (C=O) groups excluding carboxylic acids is 1. The van der Waals surface area contributed by atoms with E-state index >= 15 is 0 Å². The first kappa shape index (κ1) is 9.55. The predicted molar refractivity (Wildman–Crippen MR) is 62.9 cm³/mol. The van der Waals surface area contributed by atoms with Crippen LogP contribution in [0.5, 0.6) is 0 Å². The number of hydrogen-bond acceptors (Lipinski definition) is 2. The maximum absolute atomic E-state index is 12.2. The molecule has 0 saturated heterocycles. The minimum Gasteiger partial charge on any atom is -0.288 e. The molecule has 2 aromatic rings. The zero-order valence-electron chi connectivity index (χ0n) is 8.62. The molecule has 2 nitrogen and oxygen atoms in total. The average Bonchev–Trinajstić information content (AvgIpc) is 2.59. The zero-order chi connectivity index (χ0) is 11.3. The number of rotatable bonds is 0. The molecule has 0 radical (unpaired) electrons. The Labute approximate surface area is 97.9 Å². The highest BCUT2D eigenvalue weighted by molar-refractivity contribution is 6.33. The van der Waals surface area contributed by atoms with Gasteiger partial charge in [0.25, 0.3) is 0 Å². The van der Waals surface area contributed by atoms with Crippen molar-refractivity contribution < 1.29 is 4.79 Å². The van der Waals surface area contributed by atoms with Crippen molar-refractivity contribution in [3.05, 3.63) is 52.2 Å². The van der Waals surface area contributed by atoms with Gasteiger partial charge >= 0.3 is 0 Å². The van der Waals surface area contributed by atoms with Gasteiger partial charge in [-0.15, -0.1) is 0 Å². The Bertz CT molecular complexity index is 619. The van der Waals surface area contributed by atoms with E-state index < -0.39 is 0 Å².